The third-order valence-electron chi connectivity index (χ3n) is 2.65. The van der Waals surface area contributed by atoms with E-state index >= 15 is 0 Å². The maximum absolute atomic E-state index is 13.3. The van der Waals surface area contributed by atoms with E-state index < -0.39 is 15.7 Å². The van der Waals surface area contributed by atoms with Crippen molar-refractivity contribution in [2.45, 2.75) is 4.90 Å². The van der Waals surface area contributed by atoms with E-state index in [0.29, 0.717) is 15.8 Å². The second-order valence-corrected chi connectivity index (χ2v) is 7.15. The lowest BCUT2D eigenvalue weighted by Gasteiger charge is -2.11. The summed E-state index contributed by atoms with van der Waals surface area (Å²) in [5.74, 6) is -0.444. The Labute approximate surface area is 124 Å². The summed E-state index contributed by atoms with van der Waals surface area (Å²) in [6.45, 7) is 0. The zero-order valence-electron chi connectivity index (χ0n) is 10.5. The summed E-state index contributed by atoms with van der Waals surface area (Å²) in [6.07, 6.45) is 1.14. The number of sulfone groups is 1. The van der Waals surface area contributed by atoms with Gasteiger partial charge in [0, 0.05) is 18.0 Å². The number of rotatable bonds is 3. The van der Waals surface area contributed by atoms with Gasteiger partial charge in [0.2, 0.25) is 0 Å². The lowest BCUT2D eigenvalue weighted by atomic mass is 10.2. The Hall–Kier alpha value is -1.60. The van der Waals surface area contributed by atoms with Gasteiger partial charge in [0.15, 0.2) is 9.84 Å². The number of halogens is 2. The molecule has 0 saturated heterocycles. The van der Waals surface area contributed by atoms with Crippen LogP contribution >= 0.6 is 15.9 Å². The normalized spacial score (nSPS) is 11.3. The lowest BCUT2D eigenvalue weighted by molar-refractivity contribution is 0.602. The molecular formula is C13H12BrFN2O2S. The number of hydrogen-bond acceptors (Lipinski definition) is 4. The molecule has 0 spiro atoms. The molecule has 0 aliphatic carbocycles. The first-order valence-corrected chi connectivity index (χ1v) is 8.27. The molecule has 106 valence electrons. The minimum absolute atomic E-state index is 0.233. The molecule has 0 unspecified atom stereocenters. The van der Waals surface area contributed by atoms with E-state index in [9.17, 15) is 12.8 Å². The molecule has 0 saturated carbocycles. The summed E-state index contributed by atoms with van der Waals surface area (Å²) in [7, 11) is -3.22. The Balaban J connectivity index is 2.29. The van der Waals surface area contributed by atoms with Crippen molar-refractivity contribution in [3.8, 4) is 0 Å². The van der Waals surface area contributed by atoms with Crippen LogP contribution in [0.5, 0.6) is 0 Å². The third kappa shape index (κ3) is 3.29. The molecule has 0 bridgehead atoms. The topological polar surface area (TPSA) is 72.2 Å². The van der Waals surface area contributed by atoms with Crippen LogP contribution in [-0.4, -0.2) is 14.7 Å². The minimum atomic E-state index is -3.22. The molecule has 0 radical (unpaired) electrons. The Morgan fingerprint density at radius 1 is 1.20 bits per heavy atom. The number of nitrogens with two attached hydrogens (primary N) is 1. The first-order chi connectivity index (χ1) is 9.27. The molecule has 0 amide bonds. The van der Waals surface area contributed by atoms with Gasteiger partial charge in [-0.2, -0.15) is 0 Å². The molecule has 2 rings (SSSR count). The predicted octanol–water partition coefficient (Wildman–Crippen LogP) is 3.32. The van der Waals surface area contributed by atoms with Crippen molar-refractivity contribution >= 4 is 42.8 Å². The maximum atomic E-state index is 13.3. The Kier molecular flexibility index (Phi) is 4.01. The second-order valence-electron chi connectivity index (χ2n) is 4.28. The zero-order chi connectivity index (χ0) is 14.9. The molecule has 2 aromatic rings. The van der Waals surface area contributed by atoms with Crippen LogP contribution in [0.1, 0.15) is 0 Å². The first kappa shape index (κ1) is 14.8. The van der Waals surface area contributed by atoms with Crippen molar-refractivity contribution < 1.29 is 12.8 Å². The quantitative estimate of drug-likeness (QED) is 0.825. The van der Waals surface area contributed by atoms with E-state index in [0.717, 1.165) is 6.26 Å². The van der Waals surface area contributed by atoms with Gasteiger partial charge < -0.3 is 11.1 Å². The number of benzene rings is 2. The van der Waals surface area contributed by atoms with Gasteiger partial charge in [-0.05, 0) is 46.3 Å². The molecule has 0 aromatic heterocycles. The monoisotopic (exact) mass is 358 g/mol. The van der Waals surface area contributed by atoms with Gasteiger partial charge in [-0.15, -0.1) is 0 Å². The third-order valence-corrected chi connectivity index (χ3v) is 4.39. The number of anilines is 3. The zero-order valence-corrected chi connectivity index (χ0v) is 12.9. The molecule has 0 heterocycles. The molecule has 20 heavy (non-hydrogen) atoms. The van der Waals surface area contributed by atoms with Crippen molar-refractivity contribution in [1.82, 2.24) is 0 Å². The molecule has 3 N–H and O–H groups in total. The van der Waals surface area contributed by atoms with Gasteiger partial charge >= 0.3 is 0 Å². The summed E-state index contributed by atoms with van der Waals surface area (Å²) in [5, 5.41) is 3.00. The SMILES string of the molecule is CS(=O)(=O)c1ccc(Nc2cc(Br)c(F)cc2N)cc1. The molecule has 0 fully saturated rings. The highest BCUT2D eigenvalue weighted by atomic mass is 79.9. The standard InChI is InChI=1S/C13H12BrFN2O2S/c1-20(18,19)9-4-2-8(3-5-9)17-13-6-10(14)11(15)7-12(13)16/h2-7,17H,16H2,1H3. The van der Waals surface area contributed by atoms with Gasteiger partial charge in [-0.3, -0.25) is 0 Å². The van der Waals surface area contributed by atoms with Crippen LogP contribution < -0.4 is 11.1 Å². The molecule has 0 aliphatic rings. The fourth-order valence-corrected chi connectivity index (χ4v) is 2.59. The first-order valence-electron chi connectivity index (χ1n) is 5.59. The van der Waals surface area contributed by atoms with Crippen LogP contribution in [0.3, 0.4) is 0 Å². The smallest absolute Gasteiger partial charge is 0.175 e. The van der Waals surface area contributed by atoms with Crippen LogP contribution in [0, 0.1) is 5.82 Å². The van der Waals surface area contributed by atoms with Gasteiger partial charge in [0.25, 0.3) is 0 Å². The molecule has 4 nitrogen and oxygen atoms in total. The summed E-state index contributed by atoms with van der Waals surface area (Å²) < 4.78 is 36.3. The number of nitrogen functional groups attached to an aromatic ring is 1. The Morgan fingerprint density at radius 2 is 1.80 bits per heavy atom. The minimum Gasteiger partial charge on any atom is -0.397 e. The fraction of sp³-hybridized carbons (Fsp3) is 0.0769. The fourth-order valence-electron chi connectivity index (χ4n) is 1.61. The summed E-state index contributed by atoms with van der Waals surface area (Å²) in [4.78, 5) is 0.233. The highest BCUT2D eigenvalue weighted by molar-refractivity contribution is 9.10. The van der Waals surface area contributed by atoms with Crippen molar-refractivity contribution in [3.63, 3.8) is 0 Å². The van der Waals surface area contributed by atoms with E-state index in [4.69, 9.17) is 5.73 Å². The Bertz CT molecular complexity index is 746. The summed E-state index contributed by atoms with van der Waals surface area (Å²) in [6, 6.07) is 8.95. The average molecular weight is 359 g/mol. The largest absolute Gasteiger partial charge is 0.397 e. The maximum Gasteiger partial charge on any atom is 0.175 e. The van der Waals surface area contributed by atoms with E-state index in [2.05, 4.69) is 21.2 Å². The molecule has 7 heteroatoms. The molecular weight excluding hydrogens is 347 g/mol. The number of hydrogen-bond donors (Lipinski definition) is 2. The van der Waals surface area contributed by atoms with Crippen LogP contribution in [0.4, 0.5) is 21.5 Å². The van der Waals surface area contributed by atoms with Crippen molar-refractivity contribution in [2.24, 2.45) is 0 Å². The summed E-state index contributed by atoms with van der Waals surface area (Å²) in [5.41, 5.74) is 7.17. The van der Waals surface area contributed by atoms with Gasteiger partial charge in [0.05, 0.1) is 20.7 Å². The van der Waals surface area contributed by atoms with Crippen LogP contribution in [0.25, 0.3) is 0 Å². The second kappa shape index (κ2) is 5.41. The highest BCUT2D eigenvalue weighted by Crippen LogP contribution is 2.29. The number of nitrogens with one attached hydrogen (secondary N) is 1. The molecule has 0 aliphatic heterocycles. The van der Waals surface area contributed by atoms with Crippen molar-refractivity contribution in [2.75, 3.05) is 17.3 Å². The average Bonchev–Trinajstić information content (AvgIpc) is 2.35. The van der Waals surface area contributed by atoms with Crippen LogP contribution in [-0.2, 0) is 9.84 Å². The van der Waals surface area contributed by atoms with Gasteiger partial charge in [0.1, 0.15) is 5.82 Å². The summed E-state index contributed by atoms with van der Waals surface area (Å²) >= 11 is 3.08. The van der Waals surface area contributed by atoms with Crippen molar-refractivity contribution in [1.29, 1.82) is 0 Å². The van der Waals surface area contributed by atoms with Gasteiger partial charge in [-0.1, -0.05) is 0 Å². The van der Waals surface area contributed by atoms with E-state index in [-0.39, 0.29) is 10.6 Å². The molecule has 0 atom stereocenters. The van der Waals surface area contributed by atoms with E-state index in [1.165, 1.54) is 24.3 Å². The van der Waals surface area contributed by atoms with E-state index in [1.54, 1.807) is 12.1 Å². The van der Waals surface area contributed by atoms with E-state index in [1.807, 2.05) is 0 Å². The predicted molar refractivity (Wildman–Crippen MR) is 81.3 cm³/mol. The van der Waals surface area contributed by atoms with Crippen LogP contribution in [0.2, 0.25) is 0 Å². The van der Waals surface area contributed by atoms with Crippen molar-refractivity contribution in [3.05, 3.63) is 46.7 Å². The van der Waals surface area contributed by atoms with Gasteiger partial charge in [-0.25, -0.2) is 12.8 Å². The lowest BCUT2D eigenvalue weighted by Crippen LogP contribution is -1.99. The van der Waals surface area contributed by atoms with Crippen LogP contribution in [0.15, 0.2) is 45.8 Å². The molecule has 2 aromatic carbocycles. The highest BCUT2D eigenvalue weighted by Gasteiger charge is 2.08. The Morgan fingerprint density at radius 3 is 2.35 bits per heavy atom.